The van der Waals surface area contributed by atoms with Crippen LogP contribution >= 0.6 is 0 Å². The minimum atomic E-state index is -0.000291. The van der Waals surface area contributed by atoms with Crippen LogP contribution in [0.5, 0.6) is 11.5 Å². The molecule has 0 bridgehead atoms. The molecule has 3 aromatic rings. The Morgan fingerprint density at radius 3 is 2.90 bits per heavy atom. The molecule has 0 radical (unpaired) electrons. The second-order valence-electron chi connectivity index (χ2n) is 8.58. The summed E-state index contributed by atoms with van der Waals surface area (Å²) >= 11 is 0. The monoisotopic (exact) mass is 402 g/mol. The van der Waals surface area contributed by atoms with Crippen molar-refractivity contribution >= 4 is 16.6 Å². The fraction of sp³-hybridized carbons (Fsp3) is 0.423. The number of benzene rings is 2. The van der Waals surface area contributed by atoms with E-state index in [1.54, 1.807) is 0 Å². The molecule has 0 aliphatic carbocycles. The zero-order valence-corrected chi connectivity index (χ0v) is 17.9. The smallest absolute Gasteiger partial charge is 0.171 e. The first-order valence-electron chi connectivity index (χ1n) is 11.3. The van der Waals surface area contributed by atoms with E-state index in [1.165, 1.54) is 43.4 Å². The third kappa shape index (κ3) is 3.60. The van der Waals surface area contributed by atoms with E-state index in [4.69, 9.17) is 9.47 Å². The molecule has 2 atom stereocenters. The van der Waals surface area contributed by atoms with Crippen molar-refractivity contribution in [1.29, 1.82) is 0 Å². The highest BCUT2D eigenvalue weighted by molar-refractivity contribution is 5.88. The number of unbranched alkanes of at least 4 members (excludes halogenated alkanes) is 1. The number of hydrogen-bond acceptors (Lipinski definition) is 4. The third-order valence-electron chi connectivity index (χ3n) is 6.41. The average molecular weight is 403 g/mol. The van der Waals surface area contributed by atoms with Gasteiger partial charge in [-0.2, -0.15) is 0 Å². The van der Waals surface area contributed by atoms with Crippen LogP contribution in [0.3, 0.4) is 0 Å². The van der Waals surface area contributed by atoms with Gasteiger partial charge >= 0.3 is 0 Å². The predicted molar refractivity (Wildman–Crippen MR) is 122 cm³/mol. The predicted octanol–water partition coefficient (Wildman–Crippen LogP) is 5.69. The minimum Gasteiger partial charge on any atom is -0.486 e. The van der Waals surface area contributed by atoms with Gasteiger partial charge in [-0.05, 0) is 62.1 Å². The highest BCUT2D eigenvalue weighted by Gasteiger charge is 2.31. The van der Waals surface area contributed by atoms with Crippen molar-refractivity contribution in [2.45, 2.75) is 58.1 Å². The van der Waals surface area contributed by atoms with Gasteiger partial charge in [0.2, 0.25) is 0 Å². The first kappa shape index (κ1) is 19.2. The van der Waals surface area contributed by atoms with E-state index in [1.807, 2.05) is 25.1 Å². The van der Waals surface area contributed by atoms with E-state index in [0.717, 1.165) is 34.6 Å². The third-order valence-corrected chi connectivity index (χ3v) is 6.41. The molecule has 4 nitrogen and oxygen atoms in total. The van der Waals surface area contributed by atoms with Crippen molar-refractivity contribution in [2.75, 3.05) is 18.1 Å². The van der Waals surface area contributed by atoms with Gasteiger partial charge in [0, 0.05) is 22.8 Å². The first-order chi connectivity index (χ1) is 14.7. The van der Waals surface area contributed by atoms with Crippen LogP contribution in [0.4, 0.5) is 5.69 Å². The lowest BCUT2D eigenvalue weighted by Gasteiger charge is -2.41. The molecular weight excluding hydrogens is 372 g/mol. The maximum absolute atomic E-state index is 6.55. The van der Waals surface area contributed by atoms with Crippen molar-refractivity contribution in [2.24, 2.45) is 0 Å². The Labute approximate surface area is 178 Å². The average Bonchev–Trinajstić information content (AvgIpc) is 2.78. The molecule has 0 saturated heterocycles. The zero-order chi connectivity index (χ0) is 20.5. The van der Waals surface area contributed by atoms with E-state index < -0.39 is 0 Å². The molecule has 156 valence electrons. The van der Waals surface area contributed by atoms with Crippen molar-refractivity contribution in [3.63, 3.8) is 0 Å². The van der Waals surface area contributed by atoms with Gasteiger partial charge < -0.3 is 14.4 Å². The van der Waals surface area contributed by atoms with Crippen molar-refractivity contribution in [3.8, 4) is 11.5 Å². The number of aromatic nitrogens is 1. The molecule has 5 rings (SSSR count). The molecule has 2 aliphatic rings. The molecule has 1 aromatic heterocycles. The maximum Gasteiger partial charge on any atom is 0.171 e. The molecule has 30 heavy (non-hydrogen) atoms. The normalized spacial score (nSPS) is 20.3. The molecule has 0 saturated carbocycles. The number of rotatable bonds is 5. The summed E-state index contributed by atoms with van der Waals surface area (Å²) in [4.78, 5) is 7.24. The van der Waals surface area contributed by atoms with E-state index in [-0.39, 0.29) is 6.10 Å². The summed E-state index contributed by atoms with van der Waals surface area (Å²) in [5, 5.41) is 1.03. The molecule has 3 heterocycles. The zero-order valence-electron chi connectivity index (χ0n) is 17.9. The molecule has 2 aliphatic heterocycles. The number of anilines is 1. The number of aryl methyl sites for hydroxylation is 2. The van der Waals surface area contributed by atoms with Crippen molar-refractivity contribution in [3.05, 3.63) is 59.8 Å². The lowest BCUT2D eigenvalue weighted by molar-refractivity contribution is 0.0951. The molecule has 0 N–H and O–H groups in total. The van der Waals surface area contributed by atoms with Crippen LogP contribution in [-0.2, 0) is 6.42 Å². The van der Waals surface area contributed by atoms with Gasteiger partial charge in [0.25, 0.3) is 0 Å². The molecule has 1 unspecified atom stereocenters. The minimum absolute atomic E-state index is 0.000291. The molecule has 4 heteroatoms. The largest absolute Gasteiger partial charge is 0.486 e. The van der Waals surface area contributed by atoms with Gasteiger partial charge in [0.15, 0.2) is 17.6 Å². The second-order valence-corrected chi connectivity index (χ2v) is 8.58. The van der Waals surface area contributed by atoms with Crippen LogP contribution in [0.2, 0.25) is 0 Å². The summed E-state index contributed by atoms with van der Waals surface area (Å²) in [5.41, 5.74) is 4.79. The van der Waals surface area contributed by atoms with E-state index in [9.17, 15) is 0 Å². The first-order valence-corrected chi connectivity index (χ1v) is 11.3. The van der Waals surface area contributed by atoms with Crippen LogP contribution in [0, 0.1) is 6.92 Å². The van der Waals surface area contributed by atoms with Gasteiger partial charge in [0.05, 0.1) is 12.1 Å². The lowest BCUT2D eigenvalue weighted by Crippen LogP contribution is -2.47. The summed E-state index contributed by atoms with van der Waals surface area (Å²) in [6.45, 7) is 5.72. The van der Waals surface area contributed by atoms with Crippen molar-refractivity contribution < 1.29 is 9.47 Å². The quantitative estimate of drug-likeness (QED) is 0.549. The summed E-state index contributed by atoms with van der Waals surface area (Å²) in [7, 11) is 0. The number of pyridine rings is 1. The number of nitrogens with zero attached hydrogens (tertiary/aromatic N) is 2. The van der Waals surface area contributed by atoms with E-state index in [0.29, 0.717) is 12.6 Å². The van der Waals surface area contributed by atoms with E-state index >= 15 is 0 Å². The van der Waals surface area contributed by atoms with Gasteiger partial charge in [-0.1, -0.05) is 38.0 Å². The van der Waals surface area contributed by atoms with Crippen molar-refractivity contribution in [1.82, 2.24) is 4.98 Å². The van der Waals surface area contributed by atoms with Crippen LogP contribution in [-0.4, -0.2) is 30.3 Å². The summed E-state index contributed by atoms with van der Waals surface area (Å²) in [6.07, 6.45) is 6.13. The van der Waals surface area contributed by atoms with Gasteiger partial charge in [-0.25, -0.2) is 0 Å². The lowest BCUT2D eigenvalue weighted by atomic mass is 9.92. The Bertz CT molecular complexity index is 1050. The second kappa shape index (κ2) is 8.17. The number of ether oxygens (including phenoxy) is 2. The summed E-state index contributed by atoms with van der Waals surface area (Å²) < 4.78 is 12.7. The van der Waals surface area contributed by atoms with Crippen LogP contribution in [0.15, 0.2) is 48.5 Å². The fourth-order valence-electron chi connectivity index (χ4n) is 4.85. The van der Waals surface area contributed by atoms with Gasteiger partial charge in [0.1, 0.15) is 6.61 Å². The van der Waals surface area contributed by atoms with E-state index in [2.05, 4.69) is 47.1 Å². The molecule has 0 spiro atoms. The Morgan fingerprint density at radius 2 is 2.00 bits per heavy atom. The molecule has 0 fully saturated rings. The Hall–Kier alpha value is -2.75. The Morgan fingerprint density at radius 1 is 1.10 bits per heavy atom. The van der Waals surface area contributed by atoms with Gasteiger partial charge in [-0.3, -0.25) is 4.98 Å². The van der Waals surface area contributed by atoms with Crippen LogP contribution in [0.1, 0.15) is 43.9 Å². The van der Waals surface area contributed by atoms with Crippen LogP contribution < -0.4 is 14.4 Å². The fourth-order valence-corrected chi connectivity index (χ4v) is 4.85. The SMILES string of the molecule is CCCCC1CCc2ccccc2N1C[C@H]1COc2ccc3nc(C)ccc3c2O1. The van der Waals surface area contributed by atoms with Crippen LogP contribution in [0.25, 0.3) is 10.9 Å². The highest BCUT2D eigenvalue weighted by Crippen LogP contribution is 2.39. The maximum atomic E-state index is 6.55. The standard InChI is InChI=1S/C26H30N2O2/c1-3-4-8-20-12-11-19-7-5-6-9-24(19)28(20)16-21-17-29-25-15-14-23-22(26(25)30-21)13-10-18(2)27-23/h5-7,9-10,13-15,20-21H,3-4,8,11-12,16-17H2,1-2H3/t20?,21-/m0/s1. The molecule has 2 aromatic carbocycles. The Balaban J connectivity index is 1.43. The summed E-state index contributed by atoms with van der Waals surface area (Å²) in [5.74, 6) is 1.66. The number of para-hydroxylation sites is 1. The highest BCUT2D eigenvalue weighted by atomic mass is 16.6. The number of hydrogen-bond donors (Lipinski definition) is 0. The molecular formula is C26H30N2O2. The molecule has 0 amide bonds. The summed E-state index contributed by atoms with van der Waals surface area (Å²) in [6, 6.07) is 17.6. The topological polar surface area (TPSA) is 34.6 Å². The van der Waals surface area contributed by atoms with Gasteiger partial charge in [-0.15, -0.1) is 0 Å². The Kier molecular flexibility index (Phi) is 5.24. The number of fused-ring (bicyclic) bond motifs is 4.